The number of hydrogen-bond acceptors (Lipinski definition) is 3. The van der Waals surface area contributed by atoms with E-state index in [1.165, 1.54) is 43.4 Å². The highest BCUT2D eigenvalue weighted by Crippen LogP contribution is 2.29. The van der Waals surface area contributed by atoms with E-state index < -0.39 is 5.91 Å². The molecule has 0 aromatic carbocycles. The van der Waals surface area contributed by atoms with Crippen molar-refractivity contribution >= 4 is 28.2 Å². The van der Waals surface area contributed by atoms with Crippen LogP contribution < -0.4 is 11.1 Å². The third-order valence-electron chi connectivity index (χ3n) is 3.88. The lowest BCUT2D eigenvalue weighted by molar-refractivity contribution is -0.116. The number of hydrogen-bond donors (Lipinski definition) is 2. The van der Waals surface area contributed by atoms with Gasteiger partial charge in [-0.15, -0.1) is 11.3 Å². The van der Waals surface area contributed by atoms with Gasteiger partial charge in [0.15, 0.2) is 0 Å². The standard InChI is InChI=1S/C15H22N2O2S/c1-10-9-12(14(16)19)15(20-10)17-13(18)8-7-11-5-3-2-4-6-11/h9,11H,2-8H2,1H3,(H2,16,19)(H,17,18). The molecule has 1 aromatic rings. The summed E-state index contributed by atoms with van der Waals surface area (Å²) in [5.41, 5.74) is 5.73. The molecular weight excluding hydrogens is 272 g/mol. The van der Waals surface area contributed by atoms with Crippen molar-refractivity contribution in [2.45, 2.75) is 51.9 Å². The lowest BCUT2D eigenvalue weighted by Gasteiger charge is -2.20. The fraction of sp³-hybridized carbons (Fsp3) is 0.600. The van der Waals surface area contributed by atoms with Gasteiger partial charge >= 0.3 is 0 Å². The van der Waals surface area contributed by atoms with Crippen molar-refractivity contribution in [1.82, 2.24) is 0 Å². The van der Waals surface area contributed by atoms with Gasteiger partial charge < -0.3 is 11.1 Å². The molecule has 1 aliphatic carbocycles. The molecule has 0 unspecified atom stereocenters. The Morgan fingerprint density at radius 1 is 1.35 bits per heavy atom. The first-order chi connectivity index (χ1) is 9.56. The van der Waals surface area contributed by atoms with Crippen LogP contribution in [0.3, 0.4) is 0 Å². The molecule has 0 aliphatic heterocycles. The smallest absolute Gasteiger partial charge is 0.251 e. The van der Waals surface area contributed by atoms with Gasteiger partial charge in [-0.1, -0.05) is 32.1 Å². The molecule has 4 nitrogen and oxygen atoms in total. The number of primary amides is 1. The van der Waals surface area contributed by atoms with Gasteiger partial charge in [0, 0.05) is 11.3 Å². The molecule has 0 saturated heterocycles. The van der Waals surface area contributed by atoms with Crippen molar-refractivity contribution in [2.75, 3.05) is 5.32 Å². The van der Waals surface area contributed by atoms with Crippen LogP contribution in [-0.2, 0) is 4.79 Å². The Balaban J connectivity index is 1.86. The molecule has 0 bridgehead atoms. The van der Waals surface area contributed by atoms with Crippen LogP contribution in [0.4, 0.5) is 5.00 Å². The molecule has 1 saturated carbocycles. The van der Waals surface area contributed by atoms with E-state index in [0.29, 0.717) is 22.9 Å². The Bertz CT molecular complexity index is 490. The second-order valence-electron chi connectivity index (χ2n) is 5.55. The SMILES string of the molecule is Cc1cc(C(N)=O)c(NC(=O)CCC2CCCCC2)s1. The predicted molar refractivity (Wildman–Crippen MR) is 82.0 cm³/mol. The number of amides is 2. The molecule has 2 rings (SSSR count). The maximum atomic E-state index is 12.0. The highest BCUT2D eigenvalue weighted by atomic mass is 32.1. The van der Waals surface area contributed by atoms with Crippen LogP contribution in [0.2, 0.25) is 0 Å². The summed E-state index contributed by atoms with van der Waals surface area (Å²) in [5.74, 6) is 0.187. The first kappa shape index (κ1) is 15.0. The number of thiophene rings is 1. The van der Waals surface area contributed by atoms with Gasteiger partial charge in [-0.25, -0.2) is 0 Å². The molecule has 110 valence electrons. The number of carbonyl (C=O) groups is 2. The Morgan fingerprint density at radius 3 is 2.70 bits per heavy atom. The van der Waals surface area contributed by atoms with Crippen molar-refractivity contribution in [1.29, 1.82) is 0 Å². The highest BCUT2D eigenvalue weighted by Gasteiger charge is 2.17. The number of rotatable bonds is 5. The van der Waals surface area contributed by atoms with Gasteiger partial charge in [-0.05, 0) is 25.3 Å². The Hall–Kier alpha value is -1.36. The topological polar surface area (TPSA) is 72.2 Å². The van der Waals surface area contributed by atoms with Crippen LogP contribution in [0, 0.1) is 12.8 Å². The van der Waals surface area contributed by atoms with Gasteiger partial charge in [-0.2, -0.15) is 0 Å². The zero-order chi connectivity index (χ0) is 14.5. The van der Waals surface area contributed by atoms with Gasteiger partial charge in [0.1, 0.15) is 5.00 Å². The van der Waals surface area contributed by atoms with E-state index in [1.54, 1.807) is 6.07 Å². The van der Waals surface area contributed by atoms with Crippen molar-refractivity contribution in [3.8, 4) is 0 Å². The number of nitrogens with two attached hydrogens (primary N) is 1. The fourth-order valence-corrected chi connectivity index (χ4v) is 3.72. The van der Waals surface area contributed by atoms with E-state index in [-0.39, 0.29) is 5.91 Å². The summed E-state index contributed by atoms with van der Waals surface area (Å²) < 4.78 is 0. The number of aryl methyl sites for hydroxylation is 1. The highest BCUT2D eigenvalue weighted by molar-refractivity contribution is 7.16. The second-order valence-corrected chi connectivity index (χ2v) is 6.81. The van der Waals surface area contributed by atoms with Gasteiger partial charge in [-0.3, -0.25) is 9.59 Å². The number of nitrogens with one attached hydrogen (secondary N) is 1. The Labute approximate surface area is 123 Å². The maximum Gasteiger partial charge on any atom is 0.251 e. The summed E-state index contributed by atoms with van der Waals surface area (Å²) in [6.07, 6.45) is 7.89. The van der Waals surface area contributed by atoms with E-state index in [9.17, 15) is 9.59 Å². The lowest BCUT2D eigenvalue weighted by Crippen LogP contribution is -2.17. The first-order valence-corrected chi connectivity index (χ1v) is 8.08. The molecule has 20 heavy (non-hydrogen) atoms. The maximum absolute atomic E-state index is 12.0. The second kappa shape index (κ2) is 6.88. The zero-order valence-corrected chi connectivity index (χ0v) is 12.7. The average Bonchev–Trinajstić information content (AvgIpc) is 2.79. The molecule has 0 spiro atoms. The molecule has 5 heteroatoms. The predicted octanol–water partition coefficient (Wildman–Crippen LogP) is 3.45. The van der Waals surface area contributed by atoms with Crippen LogP contribution in [0.15, 0.2) is 6.07 Å². The number of anilines is 1. The first-order valence-electron chi connectivity index (χ1n) is 7.26. The average molecular weight is 294 g/mol. The summed E-state index contributed by atoms with van der Waals surface area (Å²) in [6.45, 7) is 1.90. The molecule has 0 atom stereocenters. The van der Waals surface area contributed by atoms with Crippen LogP contribution >= 0.6 is 11.3 Å². The van der Waals surface area contributed by atoms with Gasteiger partial charge in [0.05, 0.1) is 5.56 Å². The molecule has 1 fully saturated rings. The van der Waals surface area contributed by atoms with Crippen molar-refractivity contribution < 1.29 is 9.59 Å². The molecule has 0 radical (unpaired) electrons. The van der Waals surface area contributed by atoms with E-state index in [4.69, 9.17) is 5.73 Å². The summed E-state index contributed by atoms with van der Waals surface area (Å²) in [4.78, 5) is 24.3. The monoisotopic (exact) mass is 294 g/mol. The Morgan fingerprint density at radius 2 is 2.05 bits per heavy atom. The minimum absolute atomic E-state index is 0.0140. The third-order valence-corrected chi connectivity index (χ3v) is 4.84. The van der Waals surface area contributed by atoms with Crippen molar-refractivity contribution in [3.63, 3.8) is 0 Å². The van der Waals surface area contributed by atoms with Crippen LogP contribution in [-0.4, -0.2) is 11.8 Å². The molecule has 2 amide bonds. The molecule has 1 aliphatic rings. The minimum Gasteiger partial charge on any atom is -0.366 e. The lowest BCUT2D eigenvalue weighted by atomic mass is 9.86. The fourth-order valence-electron chi connectivity index (χ4n) is 2.79. The van der Waals surface area contributed by atoms with Crippen molar-refractivity contribution in [2.24, 2.45) is 11.7 Å². The summed E-state index contributed by atoms with van der Waals surface area (Å²) in [5, 5.41) is 3.42. The van der Waals surface area contributed by atoms with E-state index in [0.717, 1.165) is 11.3 Å². The molecule has 1 heterocycles. The summed E-state index contributed by atoms with van der Waals surface area (Å²) in [6, 6.07) is 1.73. The van der Waals surface area contributed by atoms with Crippen LogP contribution in [0.5, 0.6) is 0 Å². The van der Waals surface area contributed by atoms with Crippen LogP contribution in [0.1, 0.15) is 60.2 Å². The van der Waals surface area contributed by atoms with Gasteiger partial charge in [0.2, 0.25) is 5.91 Å². The largest absolute Gasteiger partial charge is 0.366 e. The minimum atomic E-state index is -0.489. The molecule has 1 aromatic heterocycles. The normalized spacial score (nSPS) is 16.1. The molecule has 3 N–H and O–H groups in total. The molecular formula is C15H22N2O2S. The Kier molecular flexibility index (Phi) is 5.17. The summed E-state index contributed by atoms with van der Waals surface area (Å²) >= 11 is 1.40. The van der Waals surface area contributed by atoms with E-state index in [2.05, 4.69) is 5.32 Å². The van der Waals surface area contributed by atoms with Crippen molar-refractivity contribution in [3.05, 3.63) is 16.5 Å². The summed E-state index contributed by atoms with van der Waals surface area (Å²) in [7, 11) is 0. The zero-order valence-electron chi connectivity index (χ0n) is 11.9. The van der Waals surface area contributed by atoms with E-state index >= 15 is 0 Å². The van der Waals surface area contributed by atoms with E-state index in [1.807, 2.05) is 6.92 Å². The third kappa shape index (κ3) is 4.07. The van der Waals surface area contributed by atoms with Crippen LogP contribution in [0.25, 0.3) is 0 Å². The quantitative estimate of drug-likeness (QED) is 0.873. The number of carbonyl (C=O) groups excluding carboxylic acids is 2. The van der Waals surface area contributed by atoms with Gasteiger partial charge in [0.25, 0.3) is 5.91 Å².